The van der Waals surface area contributed by atoms with Gasteiger partial charge in [0.05, 0.1) is 23.0 Å². The van der Waals surface area contributed by atoms with Gasteiger partial charge in [0.15, 0.2) is 5.96 Å². The zero-order chi connectivity index (χ0) is 18.5. The second-order valence-electron chi connectivity index (χ2n) is 6.80. The fraction of sp³-hybridized carbons (Fsp3) is 0.250. The number of rotatable bonds is 1. The molecule has 1 saturated heterocycles. The lowest BCUT2D eigenvalue weighted by atomic mass is 9.87. The van der Waals surface area contributed by atoms with Gasteiger partial charge in [0.2, 0.25) is 5.91 Å². The summed E-state index contributed by atoms with van der Waals surface area (Å²) in [6.45, 7) is 3.75. The van der Waals surface area contributed by atoms with Gasteiger partial charge in [0.25, 0.3) is 0 Å². The molecule has 0 saturated carbocycles. The fourth-order valence-electron chi connectivity index (χ4n) is 3.39. The summed E-state index contributed by atoms with van der Waals surface area (Å²) in [4.78, 5) is 18.1. The molecule has 3 aromatic heterocycles. The third-order valence-electron chi connectivity index (χ3n) is 4.94. The minimum atomic E-state index is -0.625. The molecule has 0 spiro atoms. The number of hydrogen-bond acceptors (Lipinski definition) is 3. The van der Waals surface area contributed by atoms with Crippen LogP contribution in [-0.4, -0.2) is 33.2 Å². The van der Waals surface area contributed by atoms with E-state index in [2.05, 4.69) is 26.5 Å². The van der Waals surface area contributed by atoms with Crippen molar-refractivity contribution < 1.29 is 4.79 Å². The number of hydrogen-bond donors (Lipinski definition) is 2. The summed E-state index contributed by atoms with van der Waals surface area (Å²) < 4.78 is 2.07. The summed E-state index contributed by atoms with van der Waals surface area (Å²) in [5.41, 5.74) is 4.08. The van der Waals surface area contributed by atoms with E-state index in [1.165, 1.54) is 4.90 Å². The van der Waals surface area contributed by atoms with Crippen LogP contribution in [0.1, 0.15) is 31.4 Å². The van der Waals surface area contributed by atoms with E-state index in [0.29, 0.717) is 6.42 Å². The van der Waals surface area contributed by atoms with Crippen LogP contribution in [0.25, 0.3) is 16.6 Å². The Hall–Kier alpha value is -3.33. The molecule has 0 aliphatic carbocycles. The average molecular weight is 345 g/mol. The number of nitrogens with zero attached hydrogens (tertiary/aromatic N) is 3. The first-order valence-corrected chi connectivity index (χ1v) is 8.39. The van der Waals surface area contributed by atoms with Crippen molar-refractivity contribution in [1.82, 2.24) is 19.6 Å². The molecular formula is C20H19N5O. The Labute approximate surface area is 151 Å². The van der Waals surface area contributed by atoms with Crippen LogP contribution in [-0.2, 0) is 10.3 Å². The highest BCUT2D eigenvalue weighted by Gasteiger charge is 2.38. The maximum absolute atomic E-state index is 12.2. The van der Waals surface area contributed by atoms with Gasteiger partial charge in [-0.05, 0) is 37.6 Å². The molecule has 4 heterocycles. The number of fused-ring (bicyclic) bond motifs is 3. The summed E-state index contributed by atoms with van der Waals surface area (Å²) in [5, 5.41) is 11.2. The molecule has 1 aliphatic rings. The first-order chi connectivity index (χ1) is 12.4. The first-order valence-electron chi connectivity index (χ1n) is 8.39. The van der Waals surface area contributed by atoms with Crippen molar-refractivity contribution in [3.63, 3.8) is 0 Å². The number of carbonyl (C=O) groups is 1. The lowest BCUT2D eigenvalue weighted by Gasteiger charge is -2.39. The Bertz CT molecular complexity index is 1110. The number of aromatic nitrogens is 2. The molecule has 3 aromatic rings. The molecule has 0 aromatic carbocycles. The van der Waals surface area contributed by atoms with Crippen molar-refractivity contribution in [3.05, 3.63) is 47.8 Å². The Morgan fingerprint density at radius 2 is 2.15 bits per heavy atom. The number of pyridine rings is 2. The molecule has 0 unspecified atom stereocenters. The van der Waals surface area contributed by atoms with Crippen molar-refractivity contribution in [2.24, 2.45) is 0 Å². The molecule has 2 N–H and O–H groups in total. The van der Waals surface area contributed by atoms with Gasteiger partial charge in [0, 0.05) is 30.5 Å². The second-order valence-corrected chi connectivity index (χ2v) is 6.80. The highest BCUT2D eigenvalue weighted by molar-refractivity contribution is 5.99. The van der Waals surface area contributed by atoms with E-state index >= 15 is 0 Å². The molecule has 1 amide bonds. The van der Waals surface area contributed by atoms with Crippen LogP contribution in [0, 0.1) is 17.3 Å². The van der Waals surface area contributed by atoms with Gasteiger partial charge in [-0.3, -0.25) is 20.1 Å². The predicted octanol–water partition coefficient (Wildman–Crippen LogP) is 2.46. The minimum Gasteiger partial charge on any atom is -0.346 e. The summed E-state index contributed by atoms with van der Waals surface area (Å²) in [6.07, 6.45) is 4.09. The number of nitrogens with one attached hydrogen (secondary N) is 2. The van der Waals surface area contributed by atoms with Gasteiger partial charge in [-0.25, -0.2) is 0 Å². The second kappa shape index (κ2) is 5.60. The maximum atomic E-state index is 12.2. The van der Waals surface area contributed by atoms with Crippen molar-refractivity contribution in [2.45, 2.75) is 25.8 Å². The van der Waals surface area contributed by atoms with Crippen LogP contribution in [0.4, 0.5) is 0 Å². The highest BCUT2D eigenvalue weighted by Crippen LogP contribution is 2.30. The van der Waals surface area contributed by atoms with Crippen molar-refractivity contribution >= 4 is 28.4 Å². The lowest BCUT2D eigenvalue weighted by molar-refractivity contribution is -0.129. The highest BCUT2D eigenvalue weighted by atomic mass is 16.2. The monoisotopic (exact) mass is 345 g/mol. The minimum absolute atomic E-state index is 0.0733. The van der Waals surface area contributed by atoms with Gasteiger partial charge >= 0.3 is 0 Å². The van der Waals surface area contributed by atoms with Crippen molar-refractivity contribution in [3.8, 4) is 11.8 Å². The molecule has 6 nitrogen and oxygen atoms in total. The van der Waals surface area contributed by atoms with Crippen LogP contribution in [0.5, 0.6) is 0 Å². The zero-order valence-corrected chi connectivity index (χ0v) is 14.9. The molecule has 4 rings (SSSR count). The average Bonchev–Trinajstić information content (AvgIpc) is 2.97. The van der Waals surface area contributed by atoms with E-state index < -0.39 is 5.54 Å². The van der Waals surface area contributed by atoms with Crippen LogP contribution in [0.15, 0.2) is 36.7 Å². The molecule has 1 fully saturated rings. The SMILES string of the molecule is CC#Cc1cnc2cc3ccc([C@]4(C)CC(=O)N(C)C(=N)N4)cn3c2c1. The predicted molar refractivity (Wildman–Crippen MR) is 101 cm³/mol. The topological polar surface area (TPSA) is 73.5 Å². The third kappa shape index (κ3) is 2.40. The molecule has 1 aliphatic heterocycles. The molecule has 0 radical (unpaired) electrons. The van der Waals surface area contributed by atoms with E-state index in [4.69, 9.17) is 5.41 Å². The summed E-state index contributed by atoms with van der Waals surface area (Å²) in [5.74, 6) is 5.98. The number of guanidine groups is 1. The Balaban J connectivity index is 1.87. The van der Waals surface area contributed by atoms with Crippen molar-refractivity contribution in [1.29, 1.82) is 5.41 Å². The smallest absolute Gasteiger partial charge is 0.231 e. The first kappa shape index (κ1) is 16.2. The third-order valence-corrected chi connectivity index (χ3v) is 4.94. The van der Waals surface area contributed by atoms with Gasteiger partial charge < -0.3 is 9.72 Å². The standard InChI is InChI=1S/C20H19N5O/c1-4-5-13-8-17-16(22-11-13)9-15-7-6-14(12-25(15)17)20(2)10-18(26)24(3)19(21)23-20/h6-9,11-12H,10H2,1-3H3,(H2,21,23)/t20-/m0/s1. The number of amides is 1. The van der Waals surface area contributed by atoms with E-state index in [9.17, 15) is 4.79 Å². The molecule has 0 bridgehead atoms. The summed E-state index contributed by atoms with van der Waals surface area (Å²) in [6, 6.07) is 8.06. The summed E-state index contributed by atoms with van der Waals surface area (Å²) in [7, 11) is 1.61. The molecule has 6 heteroatoms. The Morgan fingerprint density at radius 1 is 1.35 bits per heavy atom. The Morgan fingerprint density at radius 3 is 2.88 bits per heavy atom. The molecule has 130 valence electrons. The van der Waals surface area contributed by atoms with Crippen LogP contribution >= 0.6 is 0 Å². The van der Waals surface area contributed by atoms with E-state index in [-0.39, 0.29) is 11.9 Å². The fourth-order valence-corrected chi connectivity index (χ4v) is 3.39. The summed E-state index contributed by atoms with van der Waals surface area (Å²) >= 11 is 0. The van der Waals surface area contributed by atoms with Gasteiger partial charge in [-0.1, -0.05) is 12.0 Å². The van der Waals surface area contributed by atoms with Crippen LogP contribution in [0.3, 0.4) is 0 Å². The largest absolute Gasteiger partial charge is 0.346 e. The number of carbonyl (C=O) groups excluding carboxylic acids is 1. The quantitative estimate of drug-likeness (QED) is 0.666. The van der Waals surface area contributed by atoms with Gasteiger partial charge in [0.1, 0.15) is 0 Å². The Kier molecular flexibility index (Phi) is 3.48. The van der Waals surface area contributed by atoms with Crippen LogP contribution < -0.4 is 5.32 Å². The molecular weight excluding hydrogens is 326 g/mol. The van der Waals surface area contributed by atoms with E-state index in [0.717, 1.165) is 27.7 Å². The van der Waals surface area contributed by atoms with Crippen molar-refractivity contribution in [2.75, 3.05) is 7.05 Å². The lowest BCUT2D eigenvalue weighted by Crippen LogP contribution is -2.58. The van der Waals surface area contributed by atoms with Gasteiger partial charge in [-0.15, -0.1) is 5.92 Å². The van der Waals surface area contributed by atoms with E-state index in [1.807, 2.05) is 37.4 Å². The van der Waals surface area contributed by atoms with Gasteiger partial charge in [-0.2, -0.15) is 0 Å². The zero-order valence-electron chi connectivity index (χ0n) is 14.9. The van der Waals surface area contributed by atoms with E-state index in [1.54, 1.807) is 20.2 Å². The molecule has 1 atom stereocenters. The van der Waals surface area contributed by atoms with Crippen LogP contribution in [0.2, 0.25) is 0 Å². The normalized spacial score (nSPS) is 20.2. The maximum Gasteiger partial charge on any atom is 0.231 e. The molecule has 26 heavy (non-hydrogen) atoms.